The molecule has 12 heteroatoms. The molecule has 1 fully saturated rings. The van der Waals surface area contributed by atoms with E-state index in [2.05, 4.69) is 25.7 Å². The van der Waals surface area contributed by atoms with Gasteiger partial charge in [-0.25, -0.2) is 11.3 Å². The van der Waals surface area contributed by atoms with Gasteiger partial charge in [-0.15, -0.1) is 5.10 Å². The van der Waals surface area contributed by atoms with Gasteiger partial charge in [-0.1, -0.05) is 12.1 Å². The first-order valence-corrected chi connectivity index (χ1v) is 13.2. The maximum absolute atomic E-state index is 12.9. The largest absolute Gasteiger partial charge is 0.366 e. The number of hydrogen-bond acceptors (Lipinski definition) is 7. The summed E-state index contributed by atoms with van der Waals surface area (Å²) in [5.41, 5.74) is 14.8. The van der Waals surface area contributed by atoms with Crippen LogP contribution in [-0.4, -0.2) is 68.6 Å². The molecule has 3 amide bonds. The Morgan fingerprint density at radius 1 is 1.07 bits per heavy atom. The maximum Gasteiger partial charge on any atom is 0.300 e. The number of nitrogens with zero attached hydrogens (tertiary/aromatic N) is 6. The first-order chi connectivity index (χ1) is 19.3. The maximum atomic E-state index is 12.9. The van der Waals surface area contributed by atoms with Crippen molar-refractivity contribution >= 4 is 17.7 Å². The SMILES string of the molecule is [C-]#[N+][C@@H]1CCCN1C(=O)CNCCC1(c2nnnn2C)c2ccc(C(N)=O)cc2CCc2cc(C(N)=O)ccc21. The van der Waals surface area contributed by atoms with Gasteiger partial charge < -0.3 is 16.8 Å². The molecule has 0 spiro atoms. The molecule has 0 unspecified atom stereocenters. The van der Waals surface area contributed by atoms with Crippen molar-refractivity contribution in [2.45, 2.75) is 43.7 Å². The summed E-state index contributed by atoms with van der Waals surface area (Å²) in [6, 6.07) is 10.8. The molecule has 1 aliphatic heterocycles. The second-order valence-electron chi connectivity index (χ2n) is 10.3. The molecule has 1 atom stereocenters. The highest BCUT2D eigenvalue weighted by atomic mass is 16.2. The normalized spacial score (nSPS) is 17.4. The predicted octanol–water partition coefficient (Wildman–Crippen LogP) is 0.688. The number of carbonyl (C=O) groups excluding carboxylic acids is 3. The number of aromatic nitrogens is 4. The average Bonchev–Trinajstić information content (AvgIpc) is 3.58. The van der Waals surface area contributed by atoms with Crippen LogP contribution in [0.15, 0.2) is 36.4 Å². The second kappa shape index (κ2) is 10.9. The summed E-state index contributed by atoms with van der Waals surface area (Å²) in [6.45, 7) is 8.48. The van der Waals surface area contributed by atoms with Crippen LogP contribution in [0.5, 0.6) is 0 Å². The smallest absolute Gasteiger partial charge is 0.300 e. The number of primary amides is 2. The zero-order chi connectivity index (χ0) is 28.4. The van der Waals surface area contributed by atoms with Crippen LogP contribution in [-0.2, 0) is 30.1 Å². The van der Waals surface area contributed by atoms with E-state index in [9.17, 15) is 14.4 Å². The number of likely N-dealkylation sites (tertiary alicyclic amines) is 1. The minimum Gasteiger partial charge on any atom is -0.366 e. The summed E-state index contributed by atoms with van der Waals surface area (Å²) in [5, 5.41) is 15.8. The van der Waals surface area contributed by atoms with Crippen LogP contribution in [0.25, 0.3) is 4.85 Å². The van der Waals surface area contributed by atoms with Crippen molar-refractivity contribution in [3.63, 3.8) is 0 Å². The number of rotatable bonds is 8. The lowest BCUT2D eigenvalue weighted by atomic mass is 9.69. The molecule has 0 radical (unpaired) electrons. The van der Waals surface area contributed by atoms with Crippen molar-refractivity contribution in [1.82, 2.24) is 30.4 Å². The summed E-state index contributed by atoms with van der Waals surface area (Å²) < 4.78 is 1.62. The standard InChI is InChI=1S/C28H31N9O3/c1-31-23-4-3-13-37(23)24(38)16-32-12-11-28(27-33-34-35-36(27)2)21-9-7-19(25(29)39)14-17(21)5-6-18-15-20(26(30)40)8-10-22(18)28/h7-10,14-15,23,32H,3-6,11-13,16H2,2H3,(H2,29,39)(H2,30,40)/t23-/m0/s1. The first-order valence-electron chi connectivity index (χ1n) is 13.2. The first kappa shape index (κ1) is 27.0. The predicted molar refractivity (Wildman–Crippen MR) is 145 cm³/mol. The number of hydrogen-bond donors (Lipinski definition) is 3. The fourth-order valence-electron chi connectivity index (χ4n) is 6.11. The molecular formula is C28H31N9O3. The van der Waals surface area contributed by atoms with Gasteiger partial charge in [0.1, 0.15) is 0 Å². The van der Waals surface area contributed by atoms with E-state index in [1.807, 2.05) is 24.3 Å². The third kappa shape index (κ3) is 4.69. The molecule has 1 saturated heterocycles. The molecule has 2 aliphatic rings. The van der Waals surface area contributed by atoms with Crippen LogP contribution < -0.4 is 16.8 Å². The van der Waals surface area contributed by atoms with E-state index < -0.39 is 23.4 Å². The van der Waals surface area contributed by atoms with E-state index in [1.165, 1.54) is 0 Å². The Balaban J connectivity index is 1.58. The lowest BCUT2D eigenvalue weighted by molar-refractivity contribution is -0.130. The fraction of sp³-hybridized carbons (Fsp3) is 0.393. The van der Waals surface area contributed by atoms with E-state index in [0.717, 1.165) is 28.7 Å². The molecule has 3 aromatic rings. The highest BCUT2D eigenvalue weighted by Crippen LogP contribution is 2.46. The van der Waals surface area contributed by atoms with E-state index in [-0.39, 0.29) is 12.5 Å². The molecule has 40 heavy (non-hydrogen) atoms. The molecule has 2 aromatic carbocycles. The molecule has 1 aromatic heterocycles. The zero-order valence-corrected chi connectivity index (χ0v) is 22.3. The van der Waals surface area contributed by atoms with Crippen molar-refractivity contribution in [2.75, 3.05) is 19.6 Å². The van der Waals surface area contributed by atoms with Gasteiger partial charge in [0.2, 0.25) is 17.7 Å². The van der Waals surface area contributed by atoms with Crippen LogP contribution in [0.3, 0.4) is 0 Å². The van der Waals surface area contributed by atoms with Crippen LogP contribution >= 0.6 is 0 Å². The summed E-state index contributed by atoms with van der Waals surface area (Å²) in [5.74, 6) is -0.569. The van der Waals surface area contributed by atoms with Crippen molar-refractivity contribution in [1.29, 1.82) is 0 Å². The fourth-order valence-corrected chi connectivity index (χ4v) is 6.11. The van der Waals surface area contributed by atoms with Gasteiger partial charge in [0.05, 0.1) is 12.0 Å². The third-order valence-electron chi connectivity index (χ3n) is 8.01. The van der Waals surface area contributed by atoms with Crippen LogP contribution in [0.2, 0.25) is 0 Å². The Kier molecular flexibility index (Phi) is 7.32. The number of benzene rings is 2. The lowest BCUT2D eigenvalue weighted by Crippen LogP contribution is -2.42. The van der Waals surface area contributed by atoms with Crippen LogP contribution in [0, 0.1) is 6.57 Å². The van der Waals surface area contributed by atoms with Crippen molar-refractivity contribution in [2.24, 2.45) is 18.5 Å². The Bertz CT molecular complexity index is 1460. The van der Waals surface area contributed by atoms with Crippen molar-refractivity contribution in [3.05, 3.63) is 87.0 Å². The van der Waals surface area contributed by atoms with E-state index in [1.54, 1.807) is 28.8 Å². The van der Waals surface area contributed by atoms with Crippen LogP contribution in [0.4, 0.5) is 0 Å². The Labute approximate surface area is 231 Å². The van der Waals surface area contributed by atoms with E-state index in [0.29, 0.717) is 55.7 Å². The number of nitrogens with two attached hydrogens (primary N) is 2. The highest BCUT2D eigenvalue weighted by molar-refractivity contribution is 5.94. The van der Waals surface area contributed by atoms with Gasteiger partial charge >= 0.3 is 6.17 Å². The monoisotopic (exact) mass is 541 g/mol. The van der Waals surface area contributed by atoms with Crippen molar-refractivity contribution < 1.29 is 14.4 Å². The number of nitrogens with one attached hydrogen (secondary N) is 1. The molecule has 5 rings (SSSR count). The summed E-state index contributed by atoms with van der Waals surface area (Å²) in [4.78, 5) is 42.2. The van der Waals surface area contributed by atoms with Gasteiger partial charge in [-0.2, -0.15) is 0 Å². The van der Waals surface area contributed by atoms with Gasteiger partial charge in [0.25, 0.3) is 0 Å². The molecule has 206 valence electrons. The number of fused-ring (bicyclic) bond motifs is 2. The number of aryl methyl sites for hydroxylation is 3. The molecule has 2 heterocycles. The Hall–Kier alpha value is -4.63. The Morgan fingerprint density at radius 2 is 1.70 bits per heavy atom. The Morgan fingerprint density at radius 3 is 2.23 bits per heavy atom. The topological polar surface area (TPSA) is 166 Å². The number of carbonyl (C=O) groups is 3. The quantitative estimate of drug-likeness (QED) is 0.279. The minimum atomic E-state index is -0.880. The average molecular weight is 542 g/mol. The summed E-state index contributed by atoms with van der Waals surface area (Å²) >= 11 is 0. The molecule has 12 nitrogen and oxygen atoms in total. The number of tetrazole rings is 1. The van der Waals surface area contributed by atoms with Gasteiger partial charge in [-0.05, 0) is 89.2 Å². The molecule has 0 saturated carbocycles. The third-order valence-corrected chi connectivity index (χ3v) is 8.01. The lowest BCUT2D eigenvalue weighted by Gasteiger charge is -2.35. The van der Waals surface area contributed by atoms with Gasteiger partial charge in [0.15, 0.2) is 5.82 Å². The van der Waals surface area contributed by atoms with Gasteiger partial charge in [0, 0.05) is 31.1 Å². The van der Waals surface area contributed by atoms with Crippen LogP contribution in [0.1, 0.15) is 68.1 Å². The minimum absolute atomic E-state index is 0.0973. The summed E-state index contributed by atoms with van der Waals surface area (Å²) in [7, 11) is 1.77. The second-order valence-corrected chi connectivity index (χ2v) is 10.3. The molecular weight excluding hydrogens is 510 g/mol. The van der Waals surface area contributed by atoms with E-state index in [4.69, 9.17) is 18.0 Å². The molecule has 0 bridgehead atoms. The van der Waals surface area contributed by atoms with Crippen molar-refractivity contribution in [3.8, 4) is 0 Å². The highest BCUT2D eigenvalue weighted by Gasteiger charge is 2.45. The van der Waals surface area contributed by atoms with Gasteiger partial charge in [-0.3, -0.25) is 24.1 Å². The molecule has 5 N–H and O–H groups in total. The molecule has 1 aliphatic carbocycles. The zero-order valence-electron chi connectivity index (χ0n) is 22.3. The number of amides is 3. The van der Waals surface area contributed by atoms with E-state index >= 15 is 0 Å². The summed E-state index contributed by atoms with van der Waals surface area (Å²) in [6.07, 6.45) is 2.78.